The second-order valence-electron chi connectivity index (χ2n) is 16.5. The van der Waals surface area contributed by atoms with Crippen molar-refractivity contribution in [2.75, 3.05) is 14.2 Å². The molecule has 67 heavy (non-hydrogen) atoms. The Labute approximate surface area is 394 Å². The molecule has 318 valence electrons. The molecule has 0 saturated carbocycles. The Bertz CT molecular complexity index is 3990. The average molecular weight is 919 g/mol. The van der Waals surface area contributed by atoms with Gasteiger partial charge in [-0.15, -0.1) is 34.0 Å². The van der Waals surface area contributed by atoms with Gasteiger partial charge in [-0.05, 0) is 69.4 Å². The van der Waals surface area contributed by atoms with E-state index < -0.39 is 11.9 Å². The SMILES string of the molecule is COC(=O)c1ccccc1-c1ccc2c3ccc(-c4ccccc4C(=O)OC)cc3c3nc4c(-c5cccc6c5sc5ccccc56)sc(-c5cccc6c5sc5ccccc56)c4nc3c2c1. The highest BCUT2D eigenvalue weighted by Crippen LogP contribution is 2.51. The van der Waals surface area contributed by atoms with Crippen LogP contribution in [0.4, 0.5) is 0 Å². The topological polar surface area (TPSA) is 78.4 Å². The Kier molecular flexibility index (Phi) is 9.08. The van der Waals surface area contributed by atoms with Crippen LogP contribution in [0.25, 0.3) is 127 Å². The third-order valence-electron chi connectivity index (χ3n) is 13.0. The predicted octanol–water partition coefficient (Wildman–Crippen LogP) is 16.1. The zero-order valence-corrected chi connectivity index (χ0v) is 38.4. The minimum absolute atomic E-state index is 0.403. The lowest BCUT2D eigenvalue weighted by Crippen LogP contribution is -2.03. The van der Waals surface area contributed by atoms with Crippen molar-refractivity contribution in [1.82, 2.24) is 9.97 Å². The Morgan fingerprint density at radius 2 is 0.776 bits per heavy atom. The maximum Gasteiger partial charge on any atom is 0.338 e. The molecule has 0 radical (unpaired) electrons. The van der Waals surface area contributed by atoms with Gasteiger partial charge in [-0.3, -0.25) is 0 Å². The summed E-state index contributed by atoms with van der Waals surface area (Å²) in [6.07, 6.45) is 0. The summed E-state index contributed by atoms with van der Waals surface area (Å²) in [4.78, 5) is 40.0. The van der Waals surface area contributed by atoms with E-state index in [4.69, 9.17) is 19.4 Å². The summed E-state index contributed by atoms with van der Waals surface area (Å²) < 4.78 is 15.4. The minimum atomic E-state index is -0.403. The van der Waals surface area contributed by atoms with Gasteiger partial charge in [0.15, 0.2) is 0 Å². The van der Waals surface area contributed by atoms with Gasteiger partial charge >= 0.3 is 11.9 Å². The van der Waals surface area contributed by atoms with E-state index in [-0.39, 0.29) is 0 Å². The number of hydrogen-bond donors (Lipinski definition) is 0. The van der Waals surface area contributed by atoms with Gasteiger partial charge in [0.05, 0.1) is 46.1 Å². The van der Waals surface area contributed by atoms with Crippen LogP contribution in [0.15, 0.2) is 170 Å². The van der Waals surface area contributed by atoms with Crippen LogP contribution in [0.5, 0.6) is 0 Å². The molecule has 0 spiro atoms. The van der Waals surface area contributed by atoms with Crippen molar-refractivity contribution in [2.24, 2.45) is 0 Å². The fourth-order valence-electron chi connectivity index (χ4n) is 9.87. The Morgan fingerprint density at radius 1 is 0.373 bits per heavy atom. The molecule has 0 aliphatic rings. The van der Waals surface area contributed by atoms with Crippen molar-refractivity contribution < 1.29 is 19.1 Å². The normalized spacial score (nSPS) is 11.9. The van der Waals surface area contributed by atoms with Crippen molar-refractivity contribution in [1.29, 1.82) is 0 Å². The number of ether oxygens (including phenoxy) is 2. The molecule has 0 N–H and O–H groups in total. The summed E-state index contributed by atoms with van der Waals surface area (Å²) in [6.45, 7) is 0. The number of thiophene rings is 3. The van der Waals surface area contributed by atoms with E-state index in [2.05, 4.69) is 121 Å². The smallest absolute Gasteiger partial charge is 0.338 e. The van der Waals surface area contributed by atoms with E-state index in [1.807, 2.05) is 59.1 Å². The molecule has 13 aromatic rings. The van der Waals surface area contributed by atoms with Crippen LogP contribution in [0.3, 0.4) is 0 Å². The lowest BCUT2D eigenvalue weighted by Gasteiger charge is -2.15. The summed E-state index contributed by atoms with van der Waals surface area (Å²) in [5.74, 6) is -0.806. The van der Waals surface area contributed by atoms with Crippen LogP contribution in [0.2, 0.25) is 0 Å². The van der Waals surface area contributed by atoms with E-state index >= 15 is 0 Å². The van der Waals surface area contributed by atoms with Crippen LogP contribution >= 0.6 is 34.0 Å². The number of benzene rings is 9. The van der Waals surface area contributed by atoms with E-state index in [1.165, 1.54) is 54.6 Å². The molecule has 0 saturated heterocycles. The Balaban J connectivity index is 1.18. The summed E-state index contributed by atoms with van der Waals surface area (Å²) in [6, 6.07) is 58.1. The van der Waals surface area contributed by atoms with E-state index in [0.717, 1.165) is 86.7 Å². The second kappa shape index (κ2) is 15.4. The lowest BCUT2D eigenvalue weighted by molar-refractivity contribution is 0.0592. The zero-order valence-electron chi connectivity index (χ0n) is 35.9. The molecule has 0 fully saturated rings. The van der Waals surface area contributed by atoms with Crippen molar-refractivity contribution in [3.63, 3.8) is 0 Å². The largest absolute Gasteiger partial charge is 0.465 e. The first-order valence-electron chi connectivity index (χ1n) is 21.8. The van der Waals surface area contributed by atoms with Gasteiger partial charge < -0.3 is 9.47 Å². The second-order valence-corrected chi connectivity index (χ2v) is 19.7. The number of nitrogens with zero attached hydrogens (tertiary/aromatic N) is 2. The molecule has 0 bridgehead atoms. The highest BCUT2D eigenvalue weighted by Gasteiger charge is 2.25. The molecule has 9 aromatic carbocycles. The summed E-state index contributed by atoms with van der Waals surface area (Å²) in [5.41, 5.74) is 9.57. The third-order valence-corrected chi connectivity index (χ3v) is 16.6. The average Bonchev–Trinajstić information content (AvgIpc) is 4.09. The highest BCUT2D eigenvalue weighted by atomic mass is 32.1. The van der Waals surface area contributed by atoms with Gasteiger partial charge in [0.25, 0.3) is 0 Å². The monoisotopic (exact) mass is 918 g/mol. The number of esters is 2. The lowest BCUT2D eigenvalue weighted by atomic mass is 9.91. The molecular formula is C58H34N2O4S3. The zero-order chi connectivity index (χ0) is 44.9. The minimum Gasteiger partial charge on any atom is -0.465 e. The van der Waals surface area contributed by atoms with E-state index in [0.29, 0.717) is 11.1 Å². The van der Waals surface area contributed by atoms with Crippen LogP contribution in [-0.4, -0.2) is 36.1 Å². The molecule has 0 aliphatic carbocycles. The standard InChI is InChI=1S/C58H34N2O4S3/c1-63-57(61)41-17-5-3-13-33(41)31-25-27-35-36-28-26-32(34-14-4-6-18-42(34)58(62)64-2)30-46(36)50-49(45(35)29-31)59-51-52(60-50)56(44-22-12-20-40-38-16-8-10-24-48(38)66-54(40)44)67-55(51)43-21-11-19-39-37-15-7-9-23-47(37)65-53(39)43/h3-30H,1-2H3. The fourth-order valence-corrected chi connectivity index (χ4v) is 13.7. The summed E-state index contributed by atoms with van der Waals surface area (Å²) in [7, 11) is 2.82. The molecule has 0 amide bonds. The number of methoxy groups -OCH3 is 2. The maximum atomic E-state index is 13.1. The first kappa shape index (κ1) is 39.5. The van der Waals surface area contributed by atoms with Crippen molar-refractivity contribution in [3.05, 3.63) is 181 Å². The molecule has 6 nitrogen and oxygen atoms in total. The highest BCUT2D eigenvalue weighted by molar-refractivity contribution is 7.28. The van der Waals surface area contributed by atoms with Crippen molar-refractivity contribution in [2.45, 2.75) is 0 Å². The Morgan fingerprint density at radius 3 is 1.24 bits per heavy atom. The van der Waals surface area contributed by atoms with Crippen LogP contribution in [0, 0.1) is 0 Å². The molecule has 0 atom stereocenters. The van der Waals surface area contributed by atoms with Crippen molar-refractivity contribution in [3.8, 4) is 43.1 Å². The molecular weight excluding hydrogens is 885 g/mol. The molecule has 9 heteroatoms. The van der Waals surface area contributed by atoms with E-state index in [9.17, 15) is 9.59 Å². The maximum absolute atomic E-state index is 13.1. The quantitative estimate of drug-likeness (QED) is 0.122. The van der Waals surface area contributed by atoms with Gasteiger partial charge in [-0.1, -0.05) is 133 Å². The number of carbonyl (C=O) groups is 2. The molecule has 13 rings (SSSR count). The first-order valence-corrected chi connectivity index (χ1v) is 24.2. The number of rotatable bonds is 6. The van der Waals surface area contributed by atoms with Crippen LogP contribution in [-0.2, 0) is 9.47 Å². The Hall–Kier alpha value is -7.82. The van der Waals surface area contributed by atoms with Gasteiger partial charge in [-0.2, -0.15) is 0 Å². The molecule has 4 aromatic heterocycles. The molecule has 4 heterocycles. The first-order chi connectivity index (χ1) is 33.0. The van der Waals surface area contributed by atoms with Gasteiger partial charge in [0.2, 0.25) is 0 Å². The molecule has 0 unspecified atom stereocenters. The summed E-state index contributed by atoms with van der Waals surface area (Å²) in [5, 5.41) is 8.68. The van der Waals surface area contributed by atoms with Crippen molar-refractivity contribution >= 4 is 130 Å². The number of fused-ring (bicyclic) bond motifs is 13. The van der Waals surface area contributed by atoms with Gasteiger partial charge in [-0.25, -0.2) is 19.6 Å². The van der Waals surface area contributed by atoms with Gasteiger partial charge in [0, 0.05) is 62.2 Å². The summed E-state index contributed by atoms with van der Waals surface area (Å²) >= 11 is 5.37. The number of hydrogen-bond acceptors (Lipinski definition) is 9. The molecule has 0 aliphatic heterocycles. The van der Waals surface area contributed by atoms with E-state index in [1.54, 1.807) is 23.5 Å². The third kappa shape index (κ3) is 6.05. The fraction of sp³-hybridized carbons (Fsp3) is 0.0345. The number of aromatic nitrogens is 2. The van der Waals surface area contributed by atoms with Gasteiger partial charge in [0.1, 0.15) is 11.0 Å². The van der Waals surface area contributed by atoms with Crippen LogP contribution < -0.4 is 0 Å². The number of carbonyl (C=O) groups excluding carboxylic acids is 2. The van der Waals surface area contributed by atoms with Crippen LogP contribution in [0.1, 0.15) is 20.7 Å². The predicted molar refractivity (Wildman–Crippen MR) is 280 cm³/mol.